The molecule has 3 aromatic heterocycles. The third kappa shape index (κ3) is 4.32. The molecule has 1 aliphatic rings. The van der Waals surface area contributed by atoms with Gasteiger partial charge in [0.05, 0.1) is 12.1 Å². The maximum absolute atomic E-state index is 12.7. The fourth-order valence-corrected chi connectivity index (χ4v) is 4.43. The number of likely N-dealkylation sites (tertiary alicyclic amines) is 1. The highest BCUT2D eigenvalue weighted by Crippen LogP contribution is 2.32. The molecule has 8 heteroatoms. The highest BCUT2D eigenvalue weighted by molar-refractivity contribution is 7.13. The Bertz CT molecular complexity index is 1020. The van der Waals surface area contributed by atoms with Crippen LogP contribution >= 0.6 is 11.3 Å². The molecule has 1 aliphatic heterocycles. The van der Waals surface area contributed by atoms with Gasteiger partial charge in [0.25, 0.3) is 0 Å². The molecule has 29 heavy (non-hydrogen) atoms. The van der Waals surface area contributed by atoms with Crippen LogP contribution in [0.1, 0.15) is 43.9 Å². The molecule has 0 radical (unpaired) electrons. The van der Waals surface area contributed by atoms with Crippen molar-refractivity contribution in [1.82, 2.24) is 19.9 Å². The number of carbonyl (C=O) groups is 2. The number of piperidine rings is 1. The second-order valence-corrected chi connectivity index (χ2v) is 8.62. The third-order valence-corrected chi connectivity index (χ3v) is 6.22. The Labute approximate surface area is 173 Å². The number of nitrogens with zero attached hydrogens (tertiary/aromatic N) is 3. The lowest BCUT2D eigenvalue weighted by molar-refractivity contribution is -0.131. The molecule has 0 unspecified atom stereocenters. The van der Waals surface area contributed by atoms with E-state index >= 15 is 0 Å². The molecule has 152 valence electrons. The summed E-state index contributed by atoms with van der Waals surface area (Å²) in [5.41, 5.74) is 2.93. The van der Waals surface area contributed by atoms with E-state index in [0.717, 1.165) is 31.6 Å². The van der Waals surface area contributed by atoms with E-state index in [1.54, 1.807) is 6.20 Å². The molecule has 0 spiro atoms. The van der Waals surface area contributed by atoms with Gasteiger partial charge in [0, 0.05) is 42.2 Å². The fourth-order valence-electron chi connectivity index (χ4n) is 3.72. The van der Waals surface area contributed by atoms with Crippen molar-refractivity contribution in [2.24, 2.45) is 5.92 Å². The first kappa shape index (κ1) is 19.6. The zero-order chi connectivity index (χ0) is 20.4. The summed E-state index contributed by atoms with van der Waals surface area (Å²) in [7, 11) is 0. The van der Waals surface area contributed by atoms with Gasteiger partial charge in [0.15, 0.2) is 5.13 Å². The summed E-state index contributed by atoms with van der Waals surface area (Å²) in [6, 6.07) is 4.06. The number of pyridine rings is 1. The topological polar surface area (TPSA) is 91.0 Å². The van der Waals surface area contributed by atoms with Crippen LogP contribution in [0.3, 0.4) is 0 Å². The van der Waals surface area contributed by atoms with Crippen molar-refractivity contribution < 1.29 is 9.59 Å². The highest BCUT2D eigenvalue weighted by atomic mass is 32.1. The number of aromatic nitrogens is 3. The quantitative estimate of drug-likeness (QED) is 0.672. The van der Waals surface area contributed by atoms with Crippen LogP contribution in [0.25, 0.3) is 11.0 Å². The SMILES string of the molecule is CC(C)C(=O)Nc1nc(CC(=O)N2CCC(c3c[nH]c4ncccc34)CC2)cs1. The second-order valence-electron chi connectivity index (χ2n) is 7.76. The molecule has 0 atom stereocenters. The van der Waals surface area contributed by atoms with Crippen molar-refractivity contribution in [3.8, 4) is 0 Å². The first-order chi connectivity index (χ1) is 14.0. The number of rotatable bonds is 5. The first-order valence-corrected chi connectivity index (χ1v) is 10.8. The Balaban J connectivity index is 1.32. The van der Waals surface area contributed by atoms with Gasteiger partial charge in [0.2, 0.25) is 11.8 Å². The standard InChI is InChI=1S/C21H25N5O2S/c1-13(2)20(28)25-21-24-15(12-29-21)10-18(27)26-8-5-14(6-9-26)17-11-23-19-16(17)4-3-7-22-19/h3-4,7,11-14H,5-6,8-10H2,1-2H3,(H,22,23)(H,24,25,28). The number of carbonyl (C=O) groups excluding carboxylic acids is 2. The molecule has 1 saturated heterocycles. The molecule has 0 aromatic carbocycles. The number of hydrogen-bond donors (Lipinski definition) is 2. The van der Waals surface area contributed by atoms with Crippen molar-refractivity contribution >= 4 is 39.3 Å². The zero-order valence-electron chi connectivity index (χ0n) is 16.6. The minimum Gasteiger partial charge on any atom is -0.346 e. The Morgan fingerprint density at radius 1 is 1.34 bits per heavy atom. The molecule has 4 heterocycles. The average molecular weight is 412 g/mol. The van der Waals surface area contributed by atoms with Gasteiger partial charge in [-0.05, 0) is 36.5 Å². The summed E-state index contributed by atoms with van der Waals surface area (Å²) in [4.78, 5) is 38.4. The van der Waals surface area contributed by atoms with Gasteiger partial charge in [-0.1, -0.05) is 13.8 Å². The minimum atomic E-state index is -0.0989. The number of thiazole rings is 1. The fraction of sp³-hybridized carbons (Fsp3) is 0.429. The van der Waals surface area contributed by atoms with Crippen LogP contribution in [0, 0.1) is 5.92 Å². The summed E-state index contributed by atoms with van der Waals surface area (Å²) >= 11 is 1.36. The molecule has 4 rings (SSSR count). The van der Waals surface area contributed by atoms with Gasteiger partial charge in [0.1, 0.15) is 5.65 Å². The zero-order valence-corrected chi connectivity index (χ0v) is 17.5. The van der Waals surface area contributed by atoms with Gasteiger partial charge >= 0.3 is 0 Å². The summed E-state index contributed by atoms with van der Waals surface area (Å²) in [6.07, 6.45) is 6.01. The minimum absolute atomic E-state index is 0.0632. The Morgan fingerprint density at radius 3 is 2.90 bits per heavy atom. The number of anilines is 1. The highest BCUT2D eigenvalue weighted by Gasteiger charge is 2.26. The number of hydrogen-bond acceptors (Lipinski definition) is 5. The molecule has 2 N–H and O–H groups in total. The van der Waals surface area contributed by atoms with Crippen LogP contribution < -0.4 is 5.32 Å². The lowest BCUT2D eigenvalue weighted by Gasteiger charge is -2.32. The van der Waals surface area contributed by atoms with E-state index in [1.807, 2.05) is 30.2 Å². The average Bonchev–Trinajstić information content (AvgIpc) is 3.34. The molecule has 0 saturated carbocycles. The van der Waals surface area contributed by atoms with Gasteiger partial charge in [-0.3, -0.25) is 9.59 Å². The maximum atomic E-state index is 12.7. The van der Waals surface area contributed by atoms with E-state index in [2.05, 4.69) is 32.5 Å². The lowest BCUT2D eigenvalue weighted by atomic mass is 9.89. The van der Waals surface area contributed by atoms with Crippen molar-refractivity contribution in [1.29, 1.82) is 0 Å². The summed E-state index contributed by atoms with van der Waals surface area (Å²) in [5, 5.41) is 6.36. The maximum Gasteiger partial charge on any atom is 0.228 e. The molecule has 2 amide bonds. The lowest BCUT2D eigenvalue weighted by Crippen LogP contribution is -2.38. The largest absolute Gasteiger partial charge is 0.346 e. The van der Waals surface area contributed by atoms with Crippen LogP contribution in [-0.4, -0.2) is 44.8 Å². The Kier molecular flexibility index (Phi) is 5.62. The van der Waals surface area contributed by atoms with E-state index in [-0.39, 0.29) is 24.2 Å². The Morgan fingerprint density at radius 2 is 2.14 bits per heavy atom. The summed E-state index contributed by atoms with van der Waals surface area (Å²) < 4.78 is 0. The van der Waals surface area contributed by atoms with E-state index in [0.29, 0.717) is 16.7 Å². The molecular weight excluding hydrogens is 386 g/mol. The first-order valence-electron chi connectivity index (χ1n) is 9.96. The molecule has 0 aliphatic carbocycles. The van der Waals surface area contributed by atoms with Crippen LogP contribution in [-0.2, 0) is 16.0 Å². The van der Waals surface area contributed by atoms with E-state index in [1.165, 1.54) is 22.3 Å². The molecule has 0 bridgehead atoms. The van der Waals surface area contributed by atoms with Crippen molar-refractivity contribution in [2.45, 2.75) is 39.0 Å². The van der Waals surface area contributed by atoms with Crippen molar-refractivity contribution in [3.05, 3.63) is 41.2 Å². The smallest absolute Gasteiger partial charge is 0.228 e. The van der Waals surface area contributed by atoms with Gasteiger partial charge < -0.3 is 15.2 Å². The van der Waals surface area contributed by atoms with Crippen LogP contribution in [0.15, 0.2) is 29.9 Å². The number of fused-ring (bicyclic) bond motifs is 1. The monoisotopic (exact) mass is 411 g/mol. The van der Waals surface area contributed by atoms with Crippen LogP contribution in [0.5, 0.6) is 0 Å². The second kappa shape index (κ2) is 8.32. The predicted molar refractivity (Wildman–Crippen MR) is 114 cm³/mol. The normalized spacial score (nSPS) is 15.2. The molecule has 1 fully saturated rings. The van der Waals surface area contributed by atoms with Gasteiger partial charge in [-0.25, -0.2) is 9.97 Å². The number of amides is 2. The number of H-pyrrole nitrogens is 1. The predicted octanol–water partition coefficient (Wildman–Crippen LogP) is 3.56. The van der Waals surface area contributed by atoms with E-state index in [4.69, 9.17) is 0 Å². The number of aromatic amines is 1. The van der Waals surface area contributed by atoms with Crippen molar-refractivity contribution in [3.63, 3.8) is 0 Å². The number of nitrogens with one attached hydrogen (secondary N) is 2. The van der Waals surface area contributed by atoms with E-state index < -0.39 is 0 Å². The molecular formula is C21H25N5O2S. The van der Waals surface area contributed by atoms with Crippen LogP contribution in [0.4, 0.5) is 5.13 Å². The van der Waals surface area contributed by atoms with Crippen LogP contribution in [0.2, 0.25) is 0 Å². The third-order valence-electron chi connectivity index (χ3n) is 5.41. The van der Waals surface area contributed by atoms with Gasteiger partial charge in [-0.15, -0.1) is 11.3 Å². The molecule has 3 aromatic rings. The Hall–Kier alpha value is -2.74. The molecule has 7 nitrogen and oxygen atoms in total. The summed E-state index contributed by atoms with van der Waals surface area (Å²) in [6.45, 7) is 5.17. The van der Waals surface area contributed by atoms with E-state index in [9.17, 15) is 9.59 Å². The van der Waals surface area contributed by atoms with Crippen molar-refractivity contribution in [2.75, 3.05) is 18.4 Å². The summed E-state index contributed by atoms with van der Waals surface area (Å²) in [5.74, 6) is 0.371. The van der Waals surface area contributed by atoms with Gasteiger partial charge in [-0.2, -0.15) is 0 Å².